The van der Waals surface area contributed by atoms with E-state index in [0.717, 1.165) is 0 Å². The lowest BCUT2D eigenvalue weighted by Crippen LogP contribution is -2.68. The van der Waals surface area contributed by atoms with Gasteiger partial charge in [-0.05, 0) is 0 Å². The van der Waals surface area contributed by atoms with Crippen LogP contribution in [0.2, 0.25) is 0 Å². The van der Waals surface area contributed by atoms with E-state index in [9.17, 15) is 40.2 Å². The Morgan fingerprint density at radius 1 is 1.24 bits per heavy atom. The third-order valence-electron chi connectivity index (χ3n) is 3.72. The van der Waals surface area contributed by atoms with Crippen LogP contribution in [0, 0.1) is 0 Å². The molecule has 1 rings (SSSR count). The molecule has 1 fully saturated rings. The van der Waals surface area contributed by atoms with E-state index < -0.39 is 67.3 Å². The van der Waals surface area contributed by atoms with Gasteiger partial charge in [-0.2, -0.15) is 0 Å². The topological polar surface area (TPSA) is 240 Å². The number of ether oxygens (including phenoxy) is 2. The first-order chi connectivity index (χ1) is 11.5. The zero-order chi connectivity index (χ0) is 19.5. The highest BCUT2D eigenvalue weighted by Crippen LogP contribution is 2.28. The smallest absolute Gasteiger partial charge is 0.335 e. The maximum absolute atomic E-state index is 11.0. The van der Waals surface area contributed by atoms with Gasteiger partial charge in [0.1, 0.15) is 42.8 Å². The summed E-state index contributed by atoms with van der Waals surface area (Å²) in [5.74, 6) is -4.88. The number of carbonyl (C=O) groups is 2. The minimum atomic E-state index is -3.14. The van der Waals surface area contributed by atoms with Gasteiger partial charge in [0.25, 0.3) is 0 Å². The maximum Gasteiger partial charge on any atom is 0.335 e. The van der Waals surface area contributed by atoms with Crippen molar-refractivity contribution in [1.29, 1.82) is 0 Å². The van der Waals surface area contributed by atoms with Crippen LogP contribution in [0.4, 0.5) is 0 Å². The molecule has 0 saturated carbocycles. The molecular formula is C12H21NO12. The van der Waals surface area contributed by atoms with Crippen molar-refractivity contribution in [2.75, 3.05) is 6.61 Å². The summed E-state index contributed by atoms with van der Waals surface area (Å²) in [4.78, 5) is 21.9. The summed E-state index contributed by atoms with van der Waals surface area (Å²) < 4.78 is 9.53. The van der Waals surface area contributed by atoms with Crippen LogP contribution in [0.15, 0.2) is 0 Å². The Bertz CT molecular complexity index is 477. The number of rotatable bonds is 8. The molecule has 146 valence electrons. The van der Waals surface area contributed by atoms with Crippen molar-refractivity contribution >= 4 is 12.3 Å². The van der Waals surface area contributed by atoms with Gasteiger partial charge in [-0.25, -0.2) is 4.79 Å². The highest BCUT2D eigenvalue weighted by Gasteiger charge is 2.54. The fraction of sp³-hybridized carbons (Fsp3) is 0.833. The van der Waals surface area contributed by atoms with E-state index >= 15 is 0 Å². The first-order valence-corrected chi connectivity index (χ1v) is 7.01. The monoisotopic (exact) mass is 371 g/mol. The summed E-state index contributed by atoms with van der Waals surface area (Å²) in [7, 11) is 0. The van der Waals surface area contributed by atoms with Crippen molar-refractivity contribution in [3.8, 4) is 0 Å². The molecule has 0 spiro atoms. The first-order valence-electron chi connectivity index (χ1n) is 7.01. The van der Waals surface area contributed by atoms with Gasteiger partial charge in [0.15, 0.2) is 12.4 Å². The first kappa shape index (κ1) is 21.8. The van der Waals surface area contributed by atoms with E-state index in [4.69, 9.17) is 25.4 Å². The van der Waals surface area contributed by atoms with Crippen LogP contribution in [0.1, 0.15) is 0 Å². The van der Waals surface area contributed by atoms with Crippen LogP contribution < -0.4 is 5.73 Å². The van der Waals surface area contributed by atoms with Crippen molar-refractivity contribution in [3.05, 3.63) is 0 Å². The lowest BCUT2D eigenvalue weighted by atomic mass is 9.96. The molecule has 10 N–H and O–H groups in total. The maximum atomic E-state index is 11.0. The Labute approximate surface area is 140 Å². The van der Waals surface area contributed by atoms with E-state index in [2.05, 4.69) is 0 Å². The molecular weight excluding hydrogens is 350 g/mol. The number of aliphatic hydroxyl groups is 7. The minimum absolute atomic E-state index is 0.0948. The Hall–Kier alpha value is -1.26. The molecule has 0 aromatic heterocycles. The van der Waals surface area contributed by atoms with Gasteiger partial charge in [0.05, 0.1) is 6.61 Å². The van der Waals surface area contributed by atoms with Gasteiger partial charge in [-0.3, -0.25) is 0 Å². The number of carbonyl (C=O) groups excluding carboxylic acids is 1. The van der Waals surface area contributed by atoms with Crippen molar-refractivity contribution in [1.82, 2.24) is 0 Å². The highest BCUT2D eigenvalue weighted by molar-refractivity contribution is 5.73. The standard InChI is InChI=1S/C12H21NO12/c13-4(2-15)12(23,9(20)3(16)1-14)25-11-7(19)5(17)6(18)8(24-11)10(21)22/h2-9,11,14,16-20,23H,1,13H2,(H,21,22)/t3-,4+,5+,6+,7-,8+,9-,11+,12+/m1/s1. The second-order valence-corrected chi connectivity index (χ2v) is 5.46. The van der Waals surface area contributed by atoms with Gasteiger partial charge in [-0.15, -0.1) is 0 Å². The normalized spacial score (nSPS) is 36.1. The summed E-state index contributed by atoms with van der Waals surface area (Å²) in [6.07, 6.45) is -15.0. The van der Waals surface area contributed by atoms with Gasteiger partial charge in [-0.1, -0.05) is 0 Å². The van der Waals surface area contributed by atoms with E-state index in [0.29, 0.717) is 0 Å². The number of aliphatic hydroxyl groups excluding tert-OH is 6. The zero-order valence-corrected chi connectivity index (χ0v) is 12.7. The average Bonchev–Trinajstić information content (AvgIpc) is 2.59. The molecule has 0 unspecified atom stereocenters. The van der Waals surface area contributed by atoms with Crippen LogP contribution in [0.3, 0.4) is 0 Å². The fourth-order valence-electron chi connectivity index (χ4n) is 2.15. The molecule has 25 heavy (non-hydrogen) atoms. The summed E-state index contributed by atoms with van der Waals surface area (Å²) in [6.45, 7) is -1.08. The third-order valence-corrected chi connectivity index (χ3v) is 3.72. The Balaban J connectivity index is 3.13. The zero-order valence-electron chi connectivity index (χ0n) is 12.7. The molecule has 0 aliphatic carbocycles. The quantitative estimate of drug-likeness (QED) is 0.143. The number of hydrogen-bond acceptors (Lipinski definition) is 12. The Morgan fingerprint density at radius 3 is 2.24 bits per heavy atom. The minimum Gasteiger partial charge on any atom is -0.479 e. The van der Waals surface area contributed by atoms with Crippen LogP contribution in [0.5, 0.6) is 0 Å². The van der Waals surface area contributed by atoms with E-state index in [1.807, 2.05) is 0 Å². The SMILES string of the molecule is N[C@@H](C=O)[C@](O)(O[C@@H]1O[C@H](C(=O)O)[C@@H](O)[C@H](O)[C@H]1O)[C@H](O)[C@H](O)CO. The molecule has 9 atom stereocenters. The summed E-state index contributed by atoms with van der Waals surface area (Å²) in [5, 5.41) is 76.4. The van der Waals surface area contributed by atoms with E-state index in [1.165, 1.54) is 0 Å². The summed E-state index contributed by atoms with van der Waals surface area (Å²) in [6, 6.07) is -2.04. The molecule has 1 saturated heterocycles. The van der Waals surface area contributed by atoms with Crippen molar-refractivity contribution in [2.24, 2.45) is 5.73 Å². The second kappa shape index (κ2) is 8.41. The van der Waals surface area contributed by atoms with Gasteiger partial charge in [0.2, 0.25) is 5.79 Å². The molecule has 13 heteroatoms. The molecule has 0 aromatic carbocycles. The van der Waals surface area contributed by atoms with Gasteiger partial charge >= 0.3 is 5.97 Å². The van der Waals surface area contributed by atoms with Crippen LogP contribution >= 0.6 is 0 Å². The lowest BCUT2D eigenvalue weighted by Gasteiger charge is -2.44. The molecule has 0 aromatic rings. The van der Waals surface area contributed by atoms with E-state index in [1.54, 1.807) is 0 Å². The summed E-state index contributed by atoms with van der Waals surface area (Å²) >= 11 is 0. The highest BCUT2D eigenvalue weighted by atomic mass is 16.8. The third kappa shape index (κ3) is 4.29. The predicted octanol–water partition coefficient (Wildman–Crippen LogP) is -6.18. The Morgan fingerprint density at radius 2 is 1.80 bits per heavy atom. The predicted molar refractivity (Wildman–Crippen MR) is 73.5 cm³/mol. The number of aliphatic carboxylic acids is 1. The molecule has 1 aliphatic rings. The van der Waals surface area contributed by atoms with Crippen LogP contribution in [0.25, 0.3) is 0 Å². The van der Waals surface area contributed by atoms with E-state index in [-0.39, 0.29) is 6.29 Å². The molecule has 0 amide bonds. The van der Waals surface area contributed by atoms with Crippen molar-refractivity contribution in [3.63, 3.8) is 0 Å². The average molecular weight is 371 g/mol. The molecule has 0 bridgehead atoms. The molecule has 13 nitrogen and oxygen atoms in total. The molecule has 1 aliphatic heterocycles. The van der Waals surface area contributed by atoms with Gasteiger partial charge in [0, 0.05) is 0 Å². The largest absolute Gasteiger partial charge is 0.479 e. The van der Waals surface area contributed by atoms with Crippen LogP contribution in [-0.4, -0.2) is 114 Å². The fourth-order valence-corrected chi connectivity index (χ4v) is 2.15. The number of aldehydes is 1. The lowest BCUT2D eigenvalue weighted by molar-refractivity contribution is -0.380. The van der Waals surface area contributed by atoms with Crippen molar-refractivity contribution in [2.45, 2.75) is 54.7 Å². The number of hydrogen-bond donors (Lipinski definition) is 9. The summed E-state index contributed by atoms with van der Waals surface area (Å²) in [5.41, 5.74) is 5.30. The molecule has 1 heterocycles. The van der Waals surface area contributed by atoms with Crippen LogP contribution in [-0.2, 0) is 19.1 Å². The second-order valence-electron chi connectivity index (χ2n) is 5.46. The Kier molecular flexibility index (Phi) is 7.33. The van der Waals surface area contributed by atoms with Crippen molar-refractivity contribution < 1.29 is 59.9 Å². The number of nitrogens with two attached hydrogens (primary N) is 1. The molecule has 0 radical (unpaired) electrons. The number of carboxylic acids is 1. The van der Waals surface area contributed by atoms with Gasteiger partial charge < -0.3 is 60.9 Å². The number of carboxylic acid groups (broad SMARTS) is 1.